The summed E-state index contributed by atoms with van der Waals surface area (Å²) in [5, 5.41) is 17.0. The lowest BCUT2D eigenvalue weighted by molar-refractivity contribution is -0.152. The van der Waals surface area contributed by atoms with Gasteiger partial charge in [0.25, 0.3) is 6.57 Å². The second-order valence-electron chi connectivity index (χ2n) is 5.19. The standard InChI is InChI=1S/C15H13NO10/c1-16-15-9(26-13(22)5-3-11(19)20)7-23-14(15)8(6-24-15)25-12(21)4-2-10(17)18/h1-5,8-9,14H,6-7H2,(H-,17,18,19,20)/p+1/b4-2+,5-3+/t8-,9-,14-,15-/m1/s1. The predicted octanol–water partition coefficient (Wildman–Crippen LogP) is -0.820. The van der Waals surface area contributed by atoms with Gasteiger partial charge in [-0.1, -0.05) is 0 Å². The van der Waals surface area contributed by atoms with Crippen molar-refractivity contribution in [1.82, 2.24) is 0 Å². The smallest absolute Gasteiger partial charge is 0.453 e. The molecule has 0 bridgehead atoms. The monoisotopic (exact) mass is 368 g/mol. The third-order valence-corrected chi connectivity index (χ3v) is 3.56. The zero-order chi connectivity index (χ0) is 19.3. The number of aliphatic carboxylic acids is 2. The number of fused-ring (bicyclic) bond motifs is 1. The summed E-state index contributed by atoms with van der Waals surface area (Å²) in [6.07, 6.45) is -0.442. The van der Waals surface area contributed by atoms with E-state index in [9.17, 15) is 19.2 Å². The van der Waals surface area contributed by atoms with E-state index in [2.05, 4.69) is 4.85 Å². The molecule has 11 heteroatoms. The number of nitrogens with zero attached hydrogens (tertiary/aromatic N) is 1. The fourth-order valence-electron chi connectivity index (χ4n) is 2.52. The van der Waals surface area contributed by atoms with Crippen molar-refractivity contribution in [1.29, 1.82) is 0 Å². The molecule has 2 aliphatic rings. The van der Waals surface area contributed by atoms with E-state index in [1.165, 1.54) is 0 Å². The molecule has 0 saturated carbocycles. The average Bonchev–Trinajstić information content (AvgIpc) is 3.10. The van der Waals surface area contributed by atoms with Crippen molar-refractivity contribution in [2.45, 2.75) is 24.0 Å². The van der Waals surface area contributed by atoms with Crippen LogP contribution < -0.4 is 0 Å². The van der Waals surface area contributed by atoms with Crippen LogP contribution in [0.4, 0.5) is 0 Å². The van der Waals surface area contributed by atoms with Crippen LogP contribution in [0.1, 0.15) is 0 Å². The Morgan fingerprint density at radius 3 is 2.12 bits per heavy atom. The van der Waals surface area contributed by atoms with Gasteiger partial charge in [-0.3, -0.25) is 4.74 Å². The molecular weight excluding hydrogens is 354 g/mol. The maximum Gasteiger partial charge on any atom is 0.453 e. The van der Waals surface area contributed by atoms with Crippen molar-refractivity contribution < 1.29 is 48.3 Å². The van der Waals surface area contributed by atoms with Crippen LogP contribution in [0.15, 0.2) is 24.3 Å². The molecule has 26 heavy (non-hydrogen) atoms. The molecule has 0 aromatic heterocycles. The van der Waals surface area contributed by atoms with E-state index in [0.717, 1.165) is 0 Å². The third-order valence-electron chi connectivity index (χ3n) is 3.56. The topological polar surface area (TPSA) is 150 Å². The number of carbonyl (C=O) groups is 4. The van der Waals surface area contributed by atoms with Crippen LogP contribution in [0.3, 0.4) is 0 Å². The fraction of sp³-hybridized carbons (Fsp3) is 0.400. The number of ether oxygens (including phenoxy) is 4. The quantitative estimate of drug-likeness (QED) is 0.449. The normalized spacial score (nSPS) is 30.0. The van der Waals surface area contributed by atoms with Crippen LogP contribution in [0.2, 0.25) is 0 Å². The van der Waals surface area contributed by atoms with Gasteiger partial charge in [-0.25, -0.2) is 19.2 Å². The molecule has 0 radical (unpaired) electrons. The Morgan fingerprint density at radius 1 is 1.00 bits per heavy atom. The minimum absolute atomic E-state index is 0.183. The average molecular weight is 368 g/mol. The molecule has 2 aliphatic heterocycles. The lowest BCUT2D eigenvalue weighted by Gasteiger charge is -2.16. The molecule has 2 fully saturated rings. The van der Waals surface area contributed by atoms with Gasteiger partial charge in [-0.05, 0) is 4.85 Å². The highest BCUT2D eigenvalue weighted by Crippen LogP contribution is 2.41. The molecule has 0 unspecified atom stereocenters. The van der Waals surface area contributed by atoms with Crippen molar-refractivity contribution in [3.63, 3.8) is 0 Å². The molecule has 0 aromatic rings. The molecule has 2 heterocycles. The first-order valence-corrected chi connectivity index (χ1v) is 7.19. The molecule has 11 nitrogen and oxygen atoms in total. The lowest BCUT2D eigenvalue weighted by Crippen LogP contribution is -2.46. The number of rotatable bonds is 6. The van der Waals surface area contributed by atoms with Crippen molar-refractivity contribution in [3.8, 4) is 6.57 Å². The molecule has 2 rings (SSSR count). The van der Waals surface area contributed by atoms with Gasteiger partial charge in [0.1, 0.15) is 0 Å². The molecule has 2 N–H and O–H groups in total. The Hall–Kier alpha value is -3.23. The number of esters is 2. The highest BCUT2D eigenvalue weighted by Gasteiger charge is 2.72. The van der Waals surface area contributed by atoms with Crippen molar-refractivity contribution >= 4 is 23.9 Å². The second-order valence-corrected chi connectivity index (χ2v) is 5.19. The van der Waals surface area contributed by atoms with Crippen LogP contribution in [0.5, 0.6) is 0 Å². The molecule has 138 valence electrons. The fourth-order valence-corrected chi connectivity index (χ4v) is 2.52. The highest BCUT2D eigenvalue weighted by atomic mass is 16.7. The summed E-state index contributed by atoms with van der Waals surface area (Å²) in [7, 11) is 0. The number of hydrogen-bond acceptors (Lipinski definition) is 8. The predicted molar refractivity (Wildman–Crippen MR) is 80.0 cm³/mol. The third kappa shape index (κ3) is 4.05. The SMILES string of the molecule is C#[N+][C@]12OC[C@@H](OC(=O)/C=C/C(=O)O)[C@H]1OC[C@H]2OC(=O)/C=C/C(=O)O. The number of carboxylic acid groups (broad SMARTS) is 2. The maximum atomic E-state index is 11.6. The molecule has 2 saturated heterocycles. The van der Waals surface area contributed by atoms with E-state index >= 15 is 0 Å². The van der Waals surface area contributed by atoms with E-state index in [1.807, 2.05) is 0 Å². The molecular formula is C15H14NO10+. The Kier molecular flexibility index (Phi) is 5.71. The van der Waals surface area contributed by atoms with Gasteiger partial charge >= 0.3 is 29.6 Å². The van der Waals surface area contributed by atoms with Gasteiger partial charge in [0.05, 0.1) is 13.2 Å². The maximum absolute atomic E-state index is 11.6. The Balaban J connectivity index is 2.05. The molecule has 0 aliphatic carbocycles. The number of carbonyl (C=O) groups excluding carboxylic acids is 2. The first kappa shape index (κ1) is 19.1. The van der Waals surface area contributed by atoms with Gasteiger partial charge in [0, 0.05) is 24.3 Å². The van der Waals surface area contributed by atoms with Gasteiger partial charge in [-0.15, -0.1) is 0 Å². The lowest BCUT2D eigenvalue weighted by atomic mass is 10.0. The minimum Gasteiger partial charge on any atom is -0.478 e. The van der Waals surface area contributed by atoms with Crippen LogP contribution in [0, 0.1) is 6.57 Å². The van der Waals surface area contributed by atoms with Crippen LogP contribution in [-0.2, 0) is 38.1 Å². The Labute approximate surface area is 146 Å². The van der Waals surface area contributed by atoms with Crippen molar-refractivity contribution in [2.75, 3.05) is 13.2 Å². The van der Waals surface area contributed by atoms with E-state index < -0.39 is 47.9 Å². The molecule has 0 aromatic carbocycles. The van der Waals surface area contributed by atoms with E-state index in [0.29, 0.717) is 24.3 Å². The molecule has 0 spiro atoms. The van der Waals surface area contributed by atoms with Gasteiger partial charge in [0.2, 0.25) is 12.2 Å². The summed E-state index contributed by atoms with van der Waals surface area (Å²) in [5.74, 6) is -4.57. The van der Waals surface area contributed by atoms with E-state index in [-0.39, 0.29) is 13.2 Å². The Bertz CT molecular complexity index is 720. The zero-order valence-corrected chi connectivity index (χ0v) is 13.1. The number of hydrogen-bond donors (Lipinski definition) is 2. The molecule has 4 atom stereocenters. The summed E-state index contributed by atoms with van der Waals surface area (Å²) in [6.45, 7) is 5.01. The van der Waals surface area contributed by atoms with E-state index in [4.69, 9.17) is 35.7 Å². The minimum atomic E-state index is -1.63. The first-order chi connectivity index (χ1) is 12.3. The van der Waals surface area contributed by atoms with Crippen molar-refractivity contribution in [3.05, 3.63) is 29.1 Å². The zero-order valence-electron chi connectivity index (χ0n) is 13.1. The van der Waals surface area contributed by atoms with Crippen molar-refractivity contribution in [2.24, 2.45) is 0 Å². The highest BCUT2D eigenvalue weighted by molar-refractivity contribution is 5.91. The number of carboxylic acids is 2. The summed E-state index contributed by atoms with van der Waals surface area (Å²) < 4.78 is 21.0. The molecule has 0 amide bonds. The second kappa shape index (κ2) is 7.77. The van der Waals surface area contributed by atoms with Gasteiger partial charge in [-0.2, -0.15) is 0 Å². The van der Waals surface area contributed by atoms with Gasteiger partial charge in [0.15, 0.2) is 6.10 Å². The first-order valence-electron chi connectivity index (χ1n) is 7.19. The summed E-state index contributed by atoms with van der Waals surface area (Å²) in [4.78, 5) is 47.6. The Morgan fingerprint density at radius 2 is 1.58 bits per heavy atom. The van der Waals surface area contributed by atoms with Gasteiger partial charge < -0.3 is 24.4 Å². The van der Waals surface area contributed by atoms with E-state index in [1.54, 1.807) is 0 Å². The largest absolute Gasteiger partial charge is 0.478 e. The summed E-state index contributed by atoms with van der Waals surface area (Å²) >= 11 is 0. The van der Waals surface area contributed by atoms with Crippen LogP contribution >= 0.6 is 0 Å². The van der Waals surface area contributed by atoms with Crippen LogP contribution in [-0.4, -0.2) is 71.3 Å². The van der Waals surface area contributed by atoms with Crippen LogP contribution in [0.25, 0.3) is 4.85 Å². The summed E-state index contributed by atoms with van der Waals surface area (Å²) in [6, 6.07) is 0. The summed E-state index contributed by atoms with van der Waals surface area (Å²) in [5.41, 5.74) is -1.63.